The molecule has 29 heavy (non-hydrogen) atoms. The van der Waals surface area contributed by atoms with Crippen molar-refractivity contribution in [3.8, 4) is 0 Å². The van der Waals surface area contributed by atoms with Crippen LogP contribution in [0.15, 0.2) is 77.7 Å². The summed E-state index contributed by atoms with van der Waals surface area (Å²) in [5.41, 5.74) is 1.43. The number of thioether (sulfide) groups is 1. The smallest absolute Gasteiger partial charge is 0.0282 e. The molecule has 0 aromatic heterocycles. The van der Waals surface area contributed by atoms with Crippen molar-refractivity contribution in [2.24, 2.45) is 0 Å². The van der Waals surface area contributed by atoms with Gasteiger partial charge in [0.25, 0.3) is 0 Å². The molecule has 2 atom stereocenters. The van der Waals surface area contributed by atoms with Gasteiger partial charge in [0, 0.05) is 22.7 Å². The zero-order valence-electron chi connectivity index (χ0n) is 18.0. The number of likely N-dealkylation sites (tertiary alicyclic amines) is 1. The van der Waals surface area contributed by atoms with E-state index in [4.69, 9.17) is 0 Å². The van der Waals surface area contributed by atoms with Gasteiger partial charge < -0.3 is 0 Å². The molecule has 2 aromatic carbocycles. The summed E-state index contributed by atoms with van der Waals surface area (Å²) in [5.74, 6) is 0. The lowest BCUT2D eigenvalue weighted by molar-refractivity contribution is 0.171. The lowest BCUT2D eigenvalue weighted by Gasteiger charge is -2.34. The second-order valence-corrected chi connectivity index (χ2v) is 9.54. The second-order valence-electron chi connectivity index (χ2n) is 8.22. The summed E-state index contributed by atoms with van der Waals surface area (Å²) in [7, 11) is 0. The Morgan fingerprint density at radius 2 is 1.72 bits per heavy atom. The van der Waals surface area contributed by atoms with E-state index in [1.807, 2.05) is 11.8 Å². The molecular weight excluding hydrogens is 370 g/mol. The van der Waals surface area contributed by atoms with E-state index in [2.05, 4.69) is 84.6 Å². The van der Waals surface area contributed by atoms with Crippen LogP contribution < -0.4 is 0 Å². The summed E-state index contributed by atoms with van der Waals surface area (Å²) < 4.78 is 0. The number of hydrogen-bond acceptors (Lipinski definition) is 2. The molecule has 0 saturated carbocycles. The number of benzene rings is 2. The minimum Gasteiger partial charge on any atom is -0.293 e. The third-order valence-electron chi connectivity index (χ3n) is 5.81. The highest BCUT2D eigenvalue weighted by Gasteiger charge is 2.20. The Balaban J connectivity index is 1.62. The molecule has 0 aliphatic carbocycles. The Labute approximate surface area is 182 Å². The van der Waals surface area contributed by atoms with Gasteiger partial charge in [0.2, 0.25) is 0 Å². The van der Waals surface area contributed by atoms with Gasteiger partial charge in [-0.15, -0.1) is 11.8 Å². The van der Waals surface area contributed by atoms with Crippen molar-refractivity contribution in [3.63, 3.8) is 0 Å². The average Bonchev–Trinajstić information content (AvgIpc) is 2.77. The van der Waals surface area contributed by atoms with Gasteiger partial charge >= 0.3 is 0 Å². The van der Waals surface area contributed by atoms with Crippen LogP contribution in [0.5, 0.6) is 0 Å². The molecule has 2 unspecified atom stereocenters. The Bertz CT molecular complexity index is 697. The number of rotatable bonds is 11. The first-order chi connectivity index (χ1) is 14.3. The van der Waals surface area contributed by atoms with E-state index in [0.717, 1.165) is 6.54 Å². The van der Waals surface area contributed by atoms with Gasteiger partial charge in [0.1, 0.15) is 0 Å². The summed E-state index contributed by atoms with van der Waals surface area (Å²) in [6.07, 6.45) is 15.7. The van der Waals surface area contributed by atoms with Crippen molar-refractivity contribution in [3.05, 3.63) is 78.4 Å². The molecule has 1 nitrogen and oxygen atoms in total. The lowest BCUT2D eigenvalue weighted by atomic mass is 10.00. The highest BCUT2D eigenvalue weighted by atomic mass is 32.2. The van der Waals surface area contributed by atoms with Crippen LogP contribution in [-0.2, 0) is 6.54 Å². The predicted molar refractivity (Wildman–Crippen MR) is 128 cm³/mol. The predicted octanol–water partition coefficient (Wildman–Crippen LogP) is 7.73. The molecule has 1 aliphatic rings. The van der Waals surface area contributed by atoms with Crippen LogP contribution in [-0.4, -0.2) is 22.7 Å². The van der Waals surface area contributed by atoms with Crippen LogP contribution in [0, 0.1) is 0 Å². The molecule has 1 aliphatic heterocycles. The maximum absolute atomic E-state index is 2.68. The molecule has 1 fully saturated rings. The van der Waals surface area contributed by atoms with Gasteiger partial charge in [-0.3, -0.25) is 4.90 Å². The fourth-order valence-corrected chi connectivity index (χ4v) is 5.26. The molecule has 0 spiro atoms. The van der Waals surface area contributed by atoms with Crippen LogP contribution in [0.1, 0.15) is 63.9 Å². The first-order valence-electron chi connectivity index (χ1n) is 11.5. The van der Waals surface area contributed by atoms with Gasteiger partial charge in [-0.25, -0.2) is 0 Å². The summed E-state index contributed by atoms with van der Waals surface area (Å²) in [6.45, 7) is 4.58. The van der Waals surface area contributed by atoms with Gasteiger partial charge in [0.15, 0.2) is 0 Å². The fourth-order valence-electron chi connectivity index (χ4n) is 4.14. The molecule has 0 amide bonds. The first-order valence-corrected chi connectivity index (χ1v) is 12.4. The zero-order chi connectivity index (χ0) is 20.2. The monoisotopic (exact) mass is 407 g/mol. The SMILES string of the molecule is CCCCCCC(/C=C/C1CCCCN1Cc1ccccc1)Sc1ccccc1. The van der Waals surface area contributed by atoms with E-state index in [-0.39, 0.29) is 0 Å². The Hall–Kier alpha value is -1.51. The fraction of sp³-hybridized carbons (Fsp3) is 0.481. The van der Waals surface area contributed by atoms with Crippen LogP contribution in [0.4, 0.5) is 0 Å². The molecule has 0 N–H and O–H groups in total. The first kappa shape index (κ1) is 22.2. The number of unbranched alkanes of at least 4 members (excludes halogenated alkanes) is 3. The van der Waals surface area contributed by atoms with Crippen LogP contribution >= 0.6 is 11.8 Å². The molecule has 1 saturated heterocycles. The van der Waals surface area contributed by atoms with Crippen molar-refractivity contribution < 1.29 is 0 Å². The van der Waals surface area contributed by atoms with E-state index in [1.54, 1.807) is 0 Å². The van der Waals surface area contributed by atoms with Gasteiger partial charge in [-0.1, -0.05) is 99.7 Å². The third-order valence-corrected chi connectivity index (χ3v) is 7.05. The molecule has 2 aromatic rings. The van der Waals surface area contributed by atoms with Crippen LogP contribution in [0.2, 0.25) is 0 Å². The van der Waals surface area contributed by atoms with Crippen molar-refractivity contribution >= 4 is 11.8 Å². The zero-order valence-corrected chi connectivity index (χ0v) is 18.8. The summed E-state index contributed by atoms with van der Waals surface area (Å²) in [4.78, 5) is 4.07. The average molecular weight is 408 g/mol. The Morgan fingerprint density at radius 1 is 0.966 bits per heavy atom. The van der Waals surface area contributed by atoms with E-state index in [1.165, 1.54) is 68.4 Å². The number of hydrogen-bond donors (Lipinski definition) is 0. The van der Waals surface area contributed by atoms with Crippen molar-refractivity contribution in [2.75, 3.05) is 6.54 Å². The Kier molecular flexibility index (Phi) is 9.89. The molecule has 2 heteroatoms. The van der Waals surface area contributed by atoms with Crippen LogP contribution in [0.25, 0.3) is 0 Å². The van der Waals surface area contributed by atoms with Gasteiger partial charge in [-0.2, -0.15) is 0 Å². The maximum atomic E-state index is 2.68. The maximum Gasteiger partial charge on any atom is 0.0282 e. The largest absolute Gasteiger partial charge is 0.293 e. The topological polar surface area (TPSA) is 3.24 Å². The lowest BCUT2D eigenvalue weighted by Crippen LogP contribution is -2.37. The number of nitrogens with zero attached hydrogens (tertiary/aromatic N) is 1. The minimum atomic E-state index is 0.578. The van der Waals surface area contributed by atoms with Gasteiger partial charge in [0.05, 0.1) is 0 Å². The van der Waals surface area contributed by atoms with Crippen molar-refractivity contribution in [2.45, 2.75) is 81.0 Å². The summed E-state index contributed by atoms with van der Waals surface area (Å²) in [5, 5.41) is 0.578. The summed E-state index contributed by atoms with van der Waals surface area (Å²) in [6, 6.07) is 22.5. The molecular formula is C27H37NS. The molecule has 156 valence electrons. The highest BCUT2D eigenvalue weighted by molar-refractivity contribution is 8.00. The van der Waals surface area contributed by atoms with E-state index in [0.29, 0.717) is 11.3 Å². The molecule has 3 rings (SSSR count). The van der Waals surface area contributed by atoms with Crippen molar-refractivity contribution in [1.82, 2.24) is 4.90 Å². The summed E-state index contributed by atoms with van der Waals surface area (Å²) >= 11 is 2.04. The van der Waals surface area contributed by atoms with E-state index in [9.17, 15) is 0 Å². The minimum absolute atomic E-state index is 0.578. The number of piperidine rings is 1. The molecule has 0 radical (unpaired) electrons. The molecule has 1 heterocycles. The molecule has 0 bridgehead atoms. The van der Waals surface area contributed by atoms with E-state index >= 15 is 0 Å². The van der Waals surface area contributed by atoms with E-state index < -0.39 is 0 Å². The second kappa shape index (κ2) is 12.9. The normalized spacial score (nSPS) is 18.9. The standard InChI is InChI=1S/C27H37NS/c1-2-3-4-9-19-27(29-26-17-10-6-11-18-26)21-20-25-16-12-13-22-28(25)23-24-14-7-5-8-15-24/h5-8,10-11,14-15,17-18,20-21,25,27H,2-4,9,12-13,16,19,22-23H2,1H3/b21-20+. The highest BCUT2D eigenvalue weighted by Crippen LogP contribution is 2.29. The Morgan fingerprint density at radius 3 is 2.48 bits per heavy atom. The van der Waals surface area contributed by atoms with Crippen LogP contribution in [0.3, 0.4) is 0 Å². The third kappa shape index (κ3) is 8.03. The van der Waals surface area contributed by atoms with Crippen molar-refractivity contribution in [1.29, 1.82) is 0 Å². The van der Waals surface area contributed by atoms with Gasteiger partial charge in [-0.05, 0) is 43.5 Å². The quantitative estimate of drug-likeness (QED) is 0.213.